The maximum absolute atomic E-state index is 13.6. The van der Waals surface area contributed by atoms with Gasteiger partial charge in [-0.3, -0.25) is 9.59 Å². The Kier molecular flexibility index (Phi) is 7.79. The third-order valence-corrected chi connectivity index (χ3v) is 2.54. The van der Waals surface area contributed by atoms with Gasteiger partial charge in [0.15, 0.2) is 0 Å². The number of rotatable bonds is 5. The van der Waals surface area contributed by atoms with Gasteiger partial charge in [0.25, 0.3) is 5.91 Å². The lowest BCUT2D eigenvalue weighted by Crippen LogP contribution is -2.31. The van der Waals surface area contributed by atoms with Crippen molar-refractivity contribution in [2.24, 2.45) is 11.7 Å². The van der Waals surface area contributed by atoms with Gasteiger partial charge in [-0.1, -0.05) is 6.92 Å². The Labute approximate surface area is 123 Å². The molecule has 112 valence electrons. The van der Waals surface area contributed by atoms with E-state index in [4.69, 9.17) is 5.73 Å². The average Bonchev–Trinajstić information content (AvgIpc) is 2.37. The van der Waals surface area contributed by atoms with Crippen LogP contribution in [-0.4, -0.2) is 24.9 Å². The zero-order valence-corrected chi connectivity index (χ0v) is 12.2. The van der Waals surface area contributed by atoms with Gasteiger partial charge in [-0.2, -0.15) is 0 Å². The highest BCUT2D eigenvalue weighted by molar-refractivity contribution is 5.97. The largest absolute Gasteiger partial charge is 0.352 e. The topological polar surface area (TPSA) is 84.2 Å². The molecule has 7 heteroatoms. The van der Waals surface area contributed by atoms with Gasteiger partial charge in [0.05, 0.1) is 5.56 Å². The van der Waals surface area contributed by atoms with Gasteiger partial charge < -0.3 is 16.4 Å². The van der Waals surface area contributed by atoms with Crippen molar-refractivity contribution in [3.05, 3.63) is 29.6 Å². The van der Waals surface area contributed by atoms with Crippen LogP contribution in [0.2, 0.25) is 0 Å². The van der Waals surface area contributed by atoms with E-state index in [1.54, 1.807) is 0 Å². The molecule has 4 N–H and O–H groups in total. The van der Waals surface area contributed by atoms with Crippen LogP contribution in [0.25, 0.3) is 0 Å². The van der Waals surface area contributed by atoms with E-state index < -0.39 is 11.7 Å². The van der Waals surface area contributed by atoms with Crippen molar-refractivity contribution < 1.29 is 14.0 Å². The molecule has 0 aliphatic carbocycles. The lowest BCUT2D eigenvalue weighted by molar-refractivity contribution is -0.114. The summed E-state index contributed by atoms with van der Waals surface area (Å²) in [6, 6.07) is 3.85. The molecule has 0 radical (unpaired) electrons. The molecule has 0 saturated heterocycles. The average molecular weight is 304 g/mol. The highest BCUT2D eigenvalue weighted by Crippen LogP contribution is 2.14. The predicted octanol–water partition coefficient (Wildman–Crippen LogP) is 1.53. The van der Waals surface area contributed by atoms with Crippen LogP contribution in [0.15, 0.2) is 18.2 Å². The summed E-state index contributed by atoms with van der Waals surface area (Å²) in [5.41, 5.74) is 5.71. The van der Waals surface area contributed by atoms with E-state index >= 15 is 0 Å². The molecule has 0 aliphatic rings. The minimum Gasteiger partial charge on any atom is -0.352 e. The number of carbonyl (C=O) groups excluding carboxylic acids is 2. The third kappa shape index (κ3) is 5.54. The first-order valence-electron chi connectivity index (χ1n) is 5.99. The van der Waals surface area contributed by atoms with E-state index in [2.05, 4.69) is 10.6 Å². The lowest BCUT2D eigenvalue weighted by Gasteiger charge is -2.11. The minimum absolute atomic E-state index is 0. The molecule has 20 heavy (non-hydrogen) atoms. The fourth-order valence-electron chi connectivity index (χ4n) is 1.43. The summed E-state index contributed by atoms with van der Waals surface area (Å²) in [5, 5.41) is 5.10. The Hall–Kier alpha value is -1.66. The minimum atomic E-state index is -0.632. The normalized spacial score (nSPS) is 11.2. The lowest BCUT2D eigenvalue weighted by atomic mass is 10.1. The number of benzene rings is 1. The molecular weight excluding hydrogens is 285 g/mol. The number of anilines is 1. The first-order chi connectivity index (χ1) is 8.93. The molecule has 0 bridgehead atoms. The molecule has 2 amide bonds. The Balaban J connectivity index is 0.00000361. The van der Waals surface area contributed by atoms with E-state index in [0.29, 0.717) is 18.8 Å². The third-order valence-electron chi connectivity index (χ3n) is 2.54. The van der Waals surface area contributed by atoms with Crippen LogP contribution in [-0.2, 0) is 4.79 Å². The number of halogens is 2. The van der Waals surface area contributed by atoms with Gasteiger partial charge >= 0.3 is 0 Å². The van der Waals surface area contributed by atoms with E-state index in [1.807, 2.05) is 6.92 Å². The van der Waals surface area contributed by atoms with Gasteiger partial charge in [0, 0.05) is 19.2 Å². The first kappa shape index (κ1) is 18.3. The van der Waals surface area contributed by atoms with Crippen LogP contribution in [0.1, 0.15) is 24.2 Å². The number of hydrogen-bond donors (Lipinski definition) is 3. The van der Waals surface area contributed by atoms with Crippen molar-refractivity contribution in [1.29, 1.82) is 0 Å². The second-order valence-electron chi connectivity index (χ2n) is 4.43. The summed E-state index contributed by atoms with van der Waals surface area (Å²) >= 11 is 0. The van der Waals surface area contributed by atoms with Crippen molar-refractivity contribution in [1.82, 2.24) is 5.32 Å². The van der Waals surface area contributed by atoms with E-state index in [9.17, 15) is 14.0 Å². The highest BCUT2D eigenvalue weighted by atomic mass is 35.5. The molecule has 0 fully saturated rings. The smallest absolute Gasteiger partial charge is 0.254 e. The molecule has 0 aliphatic heterocycles. The van der Waals surface area contributed by atoms with Gasteiger partial charge in [0.2, 0.25) is 5.91 Å². The summed E-state index contributed by atoms with van der Waals surface area (Å²) < 4.78 is 13.6. The maximum atomic E-state index is 13.6. The van der Waals surface area contributed by atoms with Gasteiger partial charge in [-0.25, -0.2) is 4.39 Å². The van der Waals surface area contributed by atoms with Gasteiger partial charge in [0.1, 0.15) is 5.82 Å². The van der Waals surface area contributed by atoms with Gasteiger partial charge in [-0.05, 0) is 30.7 Å². The number of carbonyl (C=O) groups is 2. The quantitative estimate of drug-likeness (QED) is 0.771. The van der Waals surface area contributed by atoms with E-state index in [-0.39, 0.29) is 29.8 Å². The number of hydrogen-bond acceptors (Lipinski definition) is 3. The van der Waals surface area contributed by atoms with Crippen molar-refractivity contribution in [3.63, 3.8) is 0 Å². The summed E-state index contributed by atoms with van der Waals surface area (Å²) in [6.07, 6.45) is 0. The molecule has 0 saturated carbocycles. The Morgan fingerprint density at radius 1 is 1.40 bits per heavy atom. The molecule has 1 unspecified atom stereocenters. The number of amides is 2. The summed E-state index contributed by atoms with van der Waals surface area (Å²) in [7, 11) is 0. The van der Waals surface area contributed by atoms with Crippen LogP contribution >= 0.6 is 12.4 Å². The molecule has 0 spiro atoms. The van der Waals surface area contributed by atoms with Crippen LogP contribution in [0.4, 0.5) is 10.1 Å². The zero-order valence-electron chi connectivity index (χ0n) is 11.4. The zero-order chi connectivity index (χ0) is 14.4. The monoisotopic (exact) mass is 303 g/mol. The molecule has 5 nitrogen and oxygen atoms in total. The van der Waals surface area contributed by atoms with Gasteiger partial charge in [-0.15, -0.1) is 12.4 Å². The Morgan fingerprint density at radius 2 is 2.05 bits per heavy atom. The number of nitrogens with two attached hydrogens (primary N) is 1. The van der Waals surface area contributed by atoms with Crippen molar-refractivity contribution in [2.75, 3.05) is 18.4 Å². The standard InChI is InChI=1S/C13H18FN3O2.ClH/c1-8(6-15)7-16-13(19)11-5-10(17-9(2)18)3-4-12(11)14;/h3-5,8H,6-7,15H2,1-2H3,(H,16,19)(H,17,18);1H. The predicted molar refractivity (Wildman–Crippen MR) is 78.5 cm³/mol. The molecule has 1 atom stereocenters. The molecule has 1 aromatic rings. The first-order valence-corrected chi connectivity index (χ1v) is 5.99. The summed E-state index contributed by atoms with van der Waals surface area (Å²) in [5.74, 6) is -1.32. The fraction of sp³-hybridized carbons (Fsp3) is 0.385. The van der Waals surface area contributed by atoms with Crippen LogP contribution in [0.5, 0.6) is 0 Å². The molecule has 0 aromatic heterocycles. The van der Waals surface area contributed by atoms with Crippen LogP contribution in [0, 0.1) is 11.7 Å². The Bertz CT molecular complexity index is 483. The SMILES string of the molecule is CC(=O)Nc1ccc(F)c(C(=O)NCC(C)CN)c1.Cl. The van der Waals surface area contributed by atoms with Crippen molar-refractivity contribution >= 4 is 29.9 Å². The Morgan fingerprint density at radius 3 is 2.60 bits per heavy atom. The maximum Gasteiger partial charge on any atom is 0.254 e. The summed E-state index contributed by atoms with van der Waals surface area (Å²) in [4.78, 5) is 22.7. The van der Waals surface area contributed by atoms with Crippen LogP contribution < -0.4 is 16.4 Å². The fourth-order valence-corrected chi connectivity index (χ4v) is 1.43. The van der Waals surface area contributed by atoms with Crippen LogP contribution in [0.3, 0.4) is 0 Å². The van der Waals surface area contributed by atoms with E-state index in [1.165, 1.54) is 19.1 Å². The molecule has 1 rings (SSSR count). The van der Waals surface area contributed by atoms with Crippen molar-refractivity contribution in [2.45, 2.75) is 13.8 Å². The van der Waals surface area contributed by atoms with Crippen molar-refractivity contribution in [3.8, 4) is 0 Å². The number of nitrogens with one attached hydrogen (secondary N) is 2. The molecular formula is C13H19ClFN3O2. The summed E-state index contributed by atoms with van der Waals surface area (Å²) in [6.45, 7) is 4.03. The second-order valence-corrected chi connectivity index (χ2v) is 4.43. The second kappa shape index (κ2) is 8.50. The molecule has 1 aromatic carbocycles. The highest BCUT2D eigenvalue weighted by Gasteiger charge is 2.13. The van der Waals surface area contributed by atoms with E-state index in [0.717, 1.165) is 6.07 Å². The molecule has 0 heterocycles.